The zero-order valence-corrected chi connectivity index (χ0v) is 19.2. The summed E-state index contributed by atoms with van der Waals surface area (Å²) in [6.07, 6.45) is 1.86. The first kappa shape index (κ1) is 22.0. The number of hydrogen-bond acceptors (Lipinski definition) is 3. The molecule has 1 heterocycles. The molecule has 172 valence electrons. The summed E-state index contributed by atoms with van der Waals surface area (Å²) in [5, 5.41) is 11.3. The quantitative estimate of drug-likeness (QED) is 0.203. The molecule has 6 nitrogen and oxygen atoms in total. The maximum atomic E-state index is 11.3. The minimum Gasteiger partial charge on any atom is -0.497 e. The van der Waals surface area contributed by atoms with E-state index in [0.717, 1.165) is 33.0 Å². The van der Waals surface area contributed by atoms with Crippen molar-refractivity contribution >= 4 is 11.5 Å². The minimum absolute atomic E-state index is 0.313. The highest BCUT2D eigenvalue weighted by Gasteiger charge is 2.14. The van der Waals surface area contributed by atoms with Crippen LogP contribution in [0.5, 0.6) is 5.75 Å². The molecule has 4 aromatic carbocycles. The van der Waals surface area contributed by atoms with Crippen molar-refractivity contribution in [2.75, 3.05) is 7.11 Å². The molecule has 0 unspecified atom stereocenters. The van der Waals surface area contributed by atoms with Crippen molar-refractivity contribution < 1.29 is 9.94 Å². The Kier molecular flexibility index (Phi) is 6.26. The lowest BCUT2D eigenvalue weighted by atomic mass is 10.2. The third-order valence-electron chi connectivity index (χ3n) is 5.53. The van der Waals surface area contributed by atoms with Gasteiger partial charge < -0.3 is 9.94 Å². The van der Waals surface area contributed by atoms with Gasteiger partial charge in [0.15, 0.2) is 5.84 Å². The van der Waals surface area contributed by atoms with Crippen LogP contribution in [0.2, 0.25) is 0 Å². The van der Waals surface area contributed by atoms with Gasteiger partial charge in [-0.05, 0) is 36.4 Å². The van der Waals surface area contributed by atoms with Crippen LogP contribution >= 0.6 is 0 Å². The molecule has 0 saturated heterocycles. The molecule has 0 aliphatic rings. The summed E-state index contributed by atoms with van der Waals surface area (Å²) in [5.41, 5.74) is 4.20. The van der Waals surface area contributed by atoms with E-state index in [2.05, 4.69) is 0 Å². The Morgan fingerprint density at radius 2 is 1.34 bits per heavy atom. The summed E-state index contributed by atoms with van der Waals surface area (Å²) in [6, 6.07) is 36.7. The van der Waals surface area contributed by atoms with Gasteiger partial charge in [0.25, 0.3) is 5.62 Å². The topological polar surface area (TPSA) is 64.0 Å². The molecule has 0 aliphatic heterocycles. The van der Waals surface area contributed by atoms with Crippen molar-refractivity contribution in [1.82, 2.24) is 9.30 Å². The number of rotatable bonds is 5. The fourth-order valence-electron chi connectivity index (χ4n) is 3.75. The lowest BCUT2D eigenvalue weighted by Crippen LogP contribution is -2.26. The molecule has 0 bridgehead atoms. The van der Waals surface area contributed by atoms with Gasteiger partial charge in [-0.3, -0.25) is 4.57 Å². The molecule has 1 N–H and O–H groups in total. The highest BCUT2D eigenvalue weighted by atomic mass is 16.5. The molecule has 0 saturated carbocycles. The number of aromatic nitrogens is 2. The van der Waals surface area contributed by atoms with Gasteiger partial charge in [-0.1, -0.05) is 78.9 Å². The van der Waals surface area contributed by atoms with Crippen molar-refractivity contribution in [3.8, 4) is 22.7 Å². The number of benzene rings is 4. The smallest absolute Gasteiger partial charge is 0.250 e. The zero-order chi connectivity index (χ0) is 24.0. The standard InChI is InChI=1S/C29H24N4O2/c1-35-26-19-17-25(18-20-26)32-21-27(22-11-5-2-6-12-22)33(34)29(32)31-28(23-13-7-3-8-14-23)30-24-15-9-4-10-16-24/h2-21,34H,1H3. The SMILES string of the molecule is COc1ccc(-n2cc(-c3ccccc3)n(O)c2=NC(=Nc2ccccc2)c2ccccc2)cc1. The van der Waals surface area contributed by atoms with Gasteiger partial charge in [-0.25, -0.2) is 4.99 Å². The molecule has 0 fully saturated rings. The lowest BCUT2D eigenvalue weighted by molar-refractivity contribution is 0.176. The van der Waals surface area contributed by atoms with E-state index < -0.39 is 0 Å². The largest absolute Gasteiger partial charge is 0.497 e. The third-order valence-corrected chi connectivity index (χ3v) is 5.53. The van der Waals surface area contributed by atoms with Crippen molar-refractivity contribution in [2.24, 2.45) is 9.98 Å². The van der Waals surface area contributed by atoms with Gasteiger partial charge in [0, 0.05) is 23.0 Å². The van der Waals surface area contributed by atoms with Crippen LogP contribution in [0.25, 0.3) is 16.9 Å². The summed E-state index contributed by atoms with van der Waals surface area (Å²) in [5.74, 6) is 1.22. The van der Waals surface area contributed by atoms with E-state index in [1.165, 1.54) is 0 Å². The van der Waals surface area contributed by atoms with Crippen LogP contribution in [0.15, 0.2) is 131 Å². The summed E-state index contributed by atoms with van der Waals surface area (Å²) in [4.78, 5) is 9.69. The van der Waals surface area contributed by atoms with Crippen LogP contribution in [-0.4, -0.2) is 27.5 Å². The number of methoxy groups -OCH3 is 1. The first-order chi connectivity index (χ1) is 17.2. The van der Waals surface area contributed by atoms with Crippen LogP contribution in [0, 0.1) is 0 Å². The third kappa shape index (κ3) is 4.77. The molecule has 6 heteroatoms. The number of aliphatic imine (C=N–C) groups is 1. The van der Waals surface area contributed by atoms with Crippen molar-refractivity contribution in [2.45, 2.75) is 0 Å². The van der Waals surface area contributed by atoms with E-state index in [1.54, 1.807) is 7.11 Å². The van der Waals surface area contributed by atoms with Gasteiger partial charge in [0.1, 0.15) is 11.4 Å². The molecular weight excluding hydrogens is 436 g/mol. The molecule has 5 rings (SSSR count). The van der Waals surface area contributed by atoms with Gasteiger partial charge in [-0.2, -0.15) is 4.99 Å². The van der Waals surface area contributed by atoms with E-state index in [4.69, 9.17) is 14.7 Å². The average molecular weight is 461 g/mol. The summed E-state index contributed by atoms with van der Waals surface area (Å²) in [7, 11) is 1.63. The van der Waals surface area contributed by atoms with E-state index in [1.807, 2.05) is 126 Å². The Hall–Kier alpha value is -4.84. The van der Waals surface area contributed by atoms with Gasteiger partial charge in [0.05, 0.1) is 12.8 Å². The number of imidazole rings is 1. The molecule has 35 heavy (non-hydrogen) atoms. The van der Waals surface area contributed by atoms with Gasteiger partial charge in [-0.15, -0.1) is 4.73 Å². The van der Waals surface area contributed by atoms with Crippen molar-refractivity contribution in [3.05, 3.63) is 133 Å². The number of ether oxygens (including phenoxy) is 1. The predicted octanol–water partition coefficient (Wildman–Crippen LogP) is 5.87. The zero-order valence-electron chi connectivity index (χ0n) is 19.2. The minimum atomic E-state index is 0.313. The maximum Gasteiger partial charge on any atom is 0.250 e. The lowest BCUT2D eigenvalue weighted by Gasteiger charge is -2.06. The molecular formula is C29H24N4O2. The van der Waals surface area contributed by atoms with E-state index in [9.17, 15) is 5.21 Å². The molecule has 0 amide bonds. The number of para-hydroxylation sites is 1. The van der Waals surface area contributed by atoms with Gasteiger partial charge in [0.2, 0.25) is 0 Å². The average Bonchev–Trinajstić information content (AvgIpc) is 3.25. The van der Waals surface area contributed by atoms with Crippen molar-refractivity contribution in [1.29, 1.82) is 0 Å². The monoisotopic (exact) mass is 460 g/mol. The van der Waals surface area contributed by atoms with Crippen LogP contribution in [0.1, 0.15) is 5.56 Å². The second-order valence-electron chi connectivity index (χ2n) is 7.81. The molecule has 0 radical (unpaired) electrons. The number of amidine groups is 1. The fraction of sp³-hybridized carbons (Fsp3) is 0.0345. The fourth-order valence-corrected chi connectivity index (χ4v) is 3.75. The molecule has 0 spiro atoms. The molecule has 0 atom stereocenters. The second kappa shape index (κ2) is 9.97. The molecule has 1 aromatic heterocycles. The number of hydrogen-bond donors (Lipinski definition) is 1. The molecule has 5 aromatic rings. The summed E-state index contributed by atoms with van der Waals surface area (Å²) >= 11 is 0. The highest BCUT2D eigenvalue weighted by molar-refractivity contribution is 6.00. The Morgan fingerprint density at radius 3 is 1.97 bits per heavy atom. The Labute approximate surface area is 203 Å². The normalized spacial score (nSPS) is 12.0. The van der Waals surface area contributed by atoms with Crippen LogP contribution in [-0.2, 0) is 0 Å². The first-order valence-corrected chi connectivity index (χ1v) is 11.2. The Balaban J connectivity index is 1.76. The van der Waals surface area contributed by atoms with Crippen molar-refractivity contribution in [3.63, 3.8) is 0 Å². The van der Waals surface area contributed by atoms with E-state index in [0.29, 0.717) is 17.1 Å². The van der Waals surface area contributed by atoms with Crippen LogP contribution in [0.4, 0.5) is 5.69 Å². The van der Waals surface area contributed by atoms with E-state index in [-0.39, 0.29) is 0 Å². The van der Waals surface area contributed by atoms with Crippen LogP contribution in [0.3, 0.4) is 0 Å². The maximum absolute atomic E-state index is 11.3. The number of nitrogens with zero attached hydrogens (tertiary/aromatic N) is 4. The van der Waals surface area contributed by atoms with Gasteiger partial charge >= 0.3 is 0 Å². The Morgan fingerprint density at radius 1 is 0.743 bits per heavy atom. The summed E-state index contributed by atoms with van der Waals surface area (Å²) < 4.78 is 8.25. The first-order valence-electron chi connectivity index (χ1n) is 11.2. The second-order valence-corrected chi connectivity index (χ2v) is 7.81. The predicted molar refractivity (Wildman–Crippen MR) is 138 cm³/mol. The molecule has 0 aliphatic carbocycles. The van der Waals surface area contributed by atoms with E-state index >= 15 is 0 Å². The summed E-state index contributed by atoms with van der Waals surface area (Å²) in [6.45, 7) is 0. The highest BCUT2D eigenvalue weighted by Crippen LogP contribution is 2.21. The van der Waals surface area contributed by atoms with Crippen LogP contribution < -0.4 is 10.4 Å². The Bertz CT molecular complexity index is 1500.